The van der Waals surface area contributed by atoms with Crippen molar-refractivity contribution in [2.45, 2.75) is 24.9 Å². The van der Waals surface area contributed by atoms with Gasteiger partial charge in [0.05, 0.1) is 31.5 Å². The monoisotopic (exact) mass is 555 g/mol. The molecule has 0 aliphatic heterocycles. The van der Waals surface area contributed by atoms with Crippen LogP contribution < -0.4 is 19.5 Å². The number of rotatable bonds is 10. The van der Waals surface area contributed by atoms with E-state index in [9.17, 15) is 30.8 Å². The highest BCUT2D eigenvalue weighted by atomic mass is 32.2. The number of nitrogens with two attached hydrogens (primary N) is 1. The number of primary amides is 1. The molecule has 0 fully saturated rings. The first-order valence-corrected chi connectivity index (χ1v) is 12.3. The minimum absolute atomic E-state index is 0.00245. The van der Waals surface area contributed by atoms with E-state index >= 15 is 0 Å². The molecule has 1 unspecified atom stereocenters. The van der Waals surface area contributed by atoms with Gasteiger partial charge in [-0.2, -0.15) is 13.2 Å². The number of methoxy groups -OCH3 is 2. The number of halogens is 4. The second-order valence-corrected chi connectivity index (χ2v) is 9.34. The third-order valence-corrected chi connectivity index (χ3v) is 6.61. The Labute approximate surface area is 218 Å². The van der Waals surface area contributed by atoms with Crippen molar-refractivity contribution in [1.29, 1.82) is 0 Å². The van der Waals surface area contributed by atoms with Gasteiger partial charge in [-0.1, -0.05) is 12.1 Å². The summed E-state index contributed by atoms with van der Waals surface area (Å²) >= 11 is 0. The zero-order chi connectivity index (χ0) is 28.2. The predicted octanol–water partition coefficient (Wildman–Crippen LogP) is 4.09. The van der Waals surface area contributed by atoms with Gasteiger partial charge in [0.2, 0.25) is 16.8 Å². The second-order valence-electron chi connectivity index (χ2n) is 8.27. The number of alkyl halides is 3. The van der Waals surface area contributed by atoms with Crippen molar-refractivity contribution >= 4 is 22.5 Å². The van der Waals surface area contributed by atoms with Crippen LogP contribution in [0.2, 0.25) is 0 Å². The highest BCUT2D eigenvalue weighted by molar-refractivity contribution is 7.74. The maximum Gasteiger partial charge on any atom is 0.433 e. The summed E-state index contributed by atoms with van der Waals surface area (Å²) < 4.78 is 88.6. The minimum Gasteiger partial charge on any atom is -0.497 e. The first kappa shape index (κ1) is 28.7. The maximum absolute atomic E-state index is 14.6. The Morgan fingerprint density at radius 3 is 2.18 bits per heavy atom. The number of carbonyl (C=O) groups excluding carboxylic acids is 1. The van der Waals surface area contributed by atoms with Crippen LogP contribution in [0.1, 0.15) is 29.2 Å². The molecule has 38 heavy (non-hydrogen) atoms. The third kappa shape index (κ3) is 6.52. The Balaban J connectivity index is 2.02. The third-order valence-electron chi connectivity index (χ3n) is 5.91. The molecule has 1 amide bonds. The van der Waals surface area contributed by atoms with Crippen LogP contribution in [0, 0.1) is 5.82 Å². The van der Waals surface area contributed by atoms with E-state index in [1.54, 1.807) is 6.07 Å². The number of amides is 1. The molecule has 2 N–H and O–H groups in total. The van der Waals surface area contributed by atoms with Gasteiger partial charge in [0.15, 0.2) is 0 Å². The van der Waals surface area contributed by atoms with Crippen molar-refractivity contribution in [3.63, 3.8) is 0 Å². The molecule has 2 aromatic carbocycles. The molecule has 1 atom stereocenters. The normalized spacial score (nSPS) is 12.3. The van der Waals surface area contributed by atoms with Crippen molar-refractivity contribution in [2.24, 2.45) is 5.73 Å². The van der Waals surface area contributed by atoms with E-state index in [0.717, 1.165) is 16.4 Å². The molecular formula is C25H25F4N3O5S. The van der Waals surface area contributed by atoms with Gasteiger partial charge < -0.3 is 15.2 Å². The summed E-state index contributed by atoms with van der Waals surface area (Å²) in [7, 11) is 0.886. The van der Waals surface area contributed by atoms with Crippen molar-refractivity contribution in [1.82, 2.24) is 4.98 Å². The lowest BCUT2D eigenvalue weighted by Gasteiger charge is -2.19. The summed E-state index contributed by atoms with van der Waals surface area (Å²) in [4.78, 5) is 16.1. The molecule has 1 heterocycles. The second kappa shape index (κ2) is 11.7. The Morgan fingerprint density at radius 1 is 1.05 bits per heavy atom. The number of nitrogens with zero attached hydrogens (tertiary/aromatic N) is 2. The van der Waals surface area contributed by atoms with Crippen LogP contribution in [0.3, 0.4) is 0 Å². The van der Waals surface area contributed by atoms with Crippen LogP contribution in [0.5, 0.6) is 11.5 Å². The summed E-state index contributed by atoms with van der Waals surface area (Å²) in [5, 5.41) is 0. The largest absolute Gasteiger partial charge is 0.497 e. The molecule has 0 spiro atoms. The smallest absolute Gasteiger partial charge is 0.433 e. The summed E-state index contributed by atoms with van der Waals surface area (Å²) in [6, 6.07) is 10.3. The number of pyridine rings is 1. The van der Waals surface area contributed by atoms with Crippen LogP contribution in [-0.2, 0) is 28.3 Å². The first-order valence-electron chi connectivity index (χ1n) is 11.1. The number of aryl methyl sites for hydroxylation is 1. The lowest BCUT2D eigenvalue weighted by atomic mass is 9.90. The quantitative estimate of drug-likeness (QED) is 0.288. The Morgan fingerprint density at radius 2 is 1.68 bits per heavy atom. The Kier molecular flexibility index (Phi) is 8.82. The van der Waals surface area contributed by atoms with Crippen molar-refractivity contribution in [3.8, 4) is 22.8 Å². The van der Waals surface area contributed by atoms with E-state index in [4.69, 9.17) is 15.2 Å². The van der Waals surface area contributed by atoms with Gasteiger partial charge in [-0.15, -0.1) is 0 Å². The number of aromatic nitrogens is 1. The predicted molar refractivity (Wildman–Crippen MR) is 133 cm³/mol. The van der Waals surface area contributed by atoms with Gasteiger partial charge in [0.1, 0.15) is 23.0 Å². The van der Waals surface area contributed by atoms with Gasteiger partial charge in [-0.3, -0.25) is 9.10 Å². The number of carbonyl (C=O) groups is 1. The highest BCUT2D eigenvalue weighted by Crippen LogP contribution is 2.36. The number of hydrogen-bond donors (Lipinski definition) is 2. The molecule has 0 aliphatic carbocycles. The molecule has 204 valence electrons. The van der Waals surface area contributed by atoms with Crippen LogP contribution in [-0.4, -0.2) is 40.6 Å². The molecule has 3 aromatic rings. The van der Waals surface area contributed by atoms with Gasteiger partial charge in [-0.05, 0) is 54.3 Å². The SMILES string of the molecule is COc1cc(OC)cc(-c2nc(C(F)(F)F)ccc2CCC(C(N)=O)c2ccc(N(C)[SH](=O)=O)c(F)c2)c1. The number of thiol groups is 1. The molecule has 0 saturated heterocycles. The van der Waals surface area contributed by atoms with Crippen molar-refractivity contribution < 1.29 is 40.2 Å². The molecule has 8 nitrogen and oxygen atoms in total. The van der Waals surface area contributed by atoms with E-state index in [-0.39, 0.29) is 29.8 Å². The average Bonchev–Trinajstić information content (AvgIpc) is 2.87. The molecular weight excluding hydrogens is 530 g/mol. The molecule has 1 aromatic heterocycles. The van der Waals surface area contributed by atoms with Crippen LogP contribution >= 0.6 is 0 Å². The molecule has 0 radical (unpaired) electrons. The summed E-state index contributed by atoms with van der Waals surface area (Å²) in [5.74, 6) is -2.01. The zero-order valence-electron chi connectivity index (χ0n) is 20.6. The summed E-state index contributed by atoms with van der Waals surface area (Å²) in [5.41, 5.74) is 5.11. The Bertz CT molecular complexity index is 1380. The first-order chi connectivity index (χ1) is 17.8. The fraction of sp³-hybridized carbons (Fsp3) is 0.280. The number of ether oxygens (including phenoxy) is 2. The molecule has 0 bridgehead atoms. The van der Waals surface area contributed by atoms with Crippen LogP contribution in [0.15, 0.2) is 48.5 Å². The standard InChI is InChI=1S/C25H25F4N3O5S/c1-32(38(34)35)21-8-5-15(12-20(21)26)19(24(30)33)7-4-14-6-9-22(25(27,28)29)31-23(14)16-10-17(36-2)13-18(11-16)37-3/h5-6,8-13,19,38H,4,7H2,1-3H3,(H2,30,33). The molecule has 0 saturated carbocycles. The fourth-order valence-corrected chi connectivity index (χ4v) is 4.24. The van der Waals surface area contributed by atoms with Crippen molar-refractivity contribution in [3.05, 3.63) is 71.2 Å². The van der Waals surface area contributed by atoms with E-state index in [2.05, 4.69) is 4.98 Å². The van der Waals surface area contributed by atoms with E-state index in [0.29, 0.717) is 22.6 Å². The lowest BCUT2D eigenvalue weighted by molar-refractivity contribution is -0.141. The van der Waals surface area contributed by atoms with Gasteiger partial charge >= 0.3 is 6.18 Å². The maximum atomic E-state index is 14.6. The van der Waals surface area contributed by atoms with Crippen molar-refractivity contribution in [2.75, 3.05) is 25.6 Å². The summed E-state index contributed by atoms with van der Waals surface area (Å²) in [6.45, 7) is 0. The fourth-order valence-electron chi connectivity index (χ4n) is 3.91. The Hall–Kier alpha value is -3.87. The van der Waals surface area contributed by atoms with E-state index in [1.807, 2.05) is 0 Å². The van der Waals surface area contributed by atoms with Crippen LogP contribution in [0.4, 0.5) is 23.2 Å². The van der Waals surface area contributed by atoms with Gasteiger partial charge in [0, 0.05) is 18.7 Å². The number of anilines is 1. The number of benzene rings is 2. The number of hydrogen-bond acceptors (Lipinski definition) is 6. The topological polar surface area (TPSA) is 112 Å². The molecule has 3 rings (SSSR count). The molecule has 0 aliphatic rings. The lowest BCUT2D eigenvalue weighted by Crippen LogP contribution is -2.23. The zero-order valence-corrected chi connectivity index (χ0v) is 21.5. The summed E-state index contributed by atoms with van der Waals surface area (Å²) in [6.07, 6.45) is -4.63. The highest BCUT2D eigenvalue weighted by Gasteiger charge is 2.33. The average molecular weight is 556 g/mol. The van der Waals surface area contributed by atoms with E-state index < -0.39 is 40.4 Å². The molecule has 13 heteroatoms. The minimum atomic E-state index is -4.70. The van der Waals surface area contributed by atoms with E-state index in [1.165, 1.54) is 51.6 Å². The van der Waals surface area contributed by atoms with Gasteiger partial charge in [0.25, 0.3) is 0 Å². The van der Waals surface area contributed by atoms with Gasteiger partial charge in [-0.25, -0.2) is 17.8 Å². The van der Waals surface area contributed by atoms with Crippen LogP contribution in [0.25, 0.3) is 11.3 Å².